The molecule has 0 radical (unpaired) electrons. The topological polar surface area (TPSA) is 32.3 Å². The van der Waals surface area contributed by atoms with Gasteiger partial charge in [-0.25, -0.2) is 0 Å². The van der Waals surface area contributed by atoms with Crippen molar-refractivity contribution in [2.45, 2.75) is 46.1 Å². The van der Waals surface area contributed by atoms with Gasteiger partial charge >= 0.3 is 0 Å². The molecule has 1 aromatic carbocycles. The molecule has 1 rings (SSSR count). The van der Waals surface area contributed by atoms with Crippen LogP contribution in [0.3, 0.4) is 0 Å². The number of aliphatic hydroxyl groups is 1. The summed E-state index contributed by atoms with van der Waals surface area (Å²) in [7, 11) is 0. The average Bonchev–Trinajstić information content (AvgIpc) is 2.50. The van der Waals surface area contributed by atoms with Crippen molar-refractivity contribution in [1.82, 2.24) is 5.32 Å². The largest absolute Gasteiger partial charge is 0.396 e. The van der Waals surface area contributed by atoms with Crippen LogP contribution in [0.1, 0.15) is 57.2 Å². The van der Waals surface area contributed by atoms with Gasteiger partial charge < -0.3 is 10.4 Å². The van der Waals surface area contributed by atoms with Crippen LogP contribution in [0, 0.1) is 5.92 Å². The van der Waals surface area contributed by atoms with Gasteiger partial charge in [-0.05, 0) is 41.7 Å². The van der Waals surface area contributed by atoms with Crippen molar-refractivity contribution in [3.05, 3.63) is 35.4 Å². The normalized spacial score (nSPS) is 14.4. The van der Waals surface area contributed by atoms with E-state index in [0.717, 1.165) is 24.5 Å². The summed E-state index contributed by atoms with van der Waals surface area (Å²) >= 11 is 1.93. The van der Waals surface area contributed by atoms with Crippen molar-refractivity contribution in [2.24, 2.45) is 5.92 Å². The Morgan fingerprint density at radius 2 is 1.67 bits per heavy atom. The molecule has 0 aliphatic rings. The van der Waals surface area contributed by atoms with Crippen molar-refractivity contribution in [3.8, 4) is 0 Å². The van der Waals surface area contributed by atoms with E-state index in [4.69, 9.17) is 5.11 Å². The molecular formula is C18H31NOS. The van der Waals surface area contributed by atoms with E-state index in [0.29, 0.717) is 17.9 Å². The van der Waals surface area contributed by atoms with Crippen LogP contribution in [0.5, 0.6) is 0 Å². The fourth-order valence-corrected chi connectivity index (χ4v) is 3.33. The summed E-state index contributed by atoms with van der Waals surface area (Å²) in [6.45, 7) is 10.1. The van der Waals surface area contributed by atoms with Gasteiger partial charge in [-0.3, -0.25) is 0 Å². The van der Waals surface area contributed by atoms with E-state index in [1.54, 1.807) is 0 Å². The summed E-state index contributed by atoms with van der Waals surface area (Å²) in [5.74, 6) is 3.04. The Morgan fingerprint density at radius 1 is 1.05 bits per heavy atom. The van der Waals surface area contributed by atoms with Gasteiger partial charge in [0.2, 0.25) is 0 Å². The van der Waals surface area contributed by atoms with Crippen LogP contribution in [0.2, 0.25) is 0 Å². The van der Waals surface area contributed by atoms with Gasteiger partial charge in [0.25, 0.3) is 0 Å². The lowest BCUT2D eigenvalue weighted by Crippen LogP contribution is -2.24. The zero-order chi connectivity index (χ0) is 15.7. The zero-order valence-electron chi connectivity index (χ0n) is 13.9. The second kappa shape index (κ2) is 10.3. The number of thioether (sulfide) groups is 1. The van der Waals surface area contributed by atoms with Crippen LogP contribution in [0.4, 0.5) is 0 Å². The maximum atomic E-state index is 9.11. The molecule has 1 aromatic rings. The van der Waals surface area contributed by atoms with Gasteiger partial charge in [-0.1, -0.05) is 52.0 Å². The Kier molecular flexibility index (Phi) is 9.05. The molecule has 0 bridgehead atoms. The van der Waals surface area contributed by atoms with E-state index in [1.807, 2.05) is 11.8 Å². The predicted molar refractivity (Wildman–Crippen MR) is 95.1 cm³/mol. The lowest BCUT2D eigenvalue weighted by atomic mass is 9.99. The smallest absolute Gasteiger partial charge is 0.0464 e. The molecule has 2 atom stereocenters. The van der Waals surface area contributed by atoms with Crippen LogP contribution in [-0.4, -0.2) is 29.8 Å². The first-order chi connectivity index (χ1) is 10.1. The van der Waals surface area contributed by atoms with E-state index < -0.39 is 0 Å². The molecule has 0 heterocycles. The molecule has 0 aromatic heterocycles. The standard InChI is InChI=1S/C18H31NOS/c1-5-10-19-18(13-21-12-15(4)11-20)17-8-6-16(7-9-17)14(2)3/h6-9,14-15,18-20H,5,10-13H2,1-4H3. The monoisotopic (exact) mass is 309 g/mol. The third-order valence-electron chi connectivity index (χ3n) is 3.64. The molecule has 120 valence electrons. The minimum atomic E-state index is 0.281. The highest BCUT2D eigenvalue weighted by Gasteiger charge is 2.12. The highest BCUT2D eigenvalue weighted by molar-refractivity contribution is 7.99. The van der Waals surface area contributed by atoms with Crippen molar-refractivity contribution in [2.75, 3.05) is 24.7 Å². The summed E-state index contributed by atoms with van der Waals surface area (Å²) < 4.78 is 0. The Balaban J connectivity index is 2.62. The van der Waals surface area contributed by atoms with Crippen LogP contribution in [0.25, 0.3) is 0 Å². The molecule has 3 heteroatoms. The SMILES string of the molecule is CCCNC(CSCC(C)CO)c1ccc(C(C)C)cc1. The maximum Gasteiger partial charge on any atom is 0.0464 e. The van der Waals surface area contributed by atoms with Crippen molar-refractivity contribution < 1.29 is 5.11 Å². The van der Waals surface area contributed by atoms with E-state index >= 15 is 0 Å². The minimum Gasteiger partial charge on any atom is -0.396 e. The summed E-state index contributed by atoms with van der Waals surface area (Å²) in [5, 5.41) is 12.8. The van der Waals surface area contributed by atoms with Crippen molar-refractivity contribution >= 4 is 11.8 Å². The number of rotatable bonds is 10. The third kappa shape index (κ3) is 6.86. The van der Waals surface area contributed by atoms with Crippen LogP contribution in [-0.2, 0) is 0 Å². The number of hydrogen-bond acceptors (Lipinski definition) is 3. The Hall–Kier alpha value is -0.510. The summed E-state index contributed by atoms with van der Waals surface area (Å²) in [4.78, 5) is 0. The van der Waals surface area contributed by atoms with Crippen LogP contribution >= 0.6 is 11.8 Å². The number of nitrogens with one attached hydrogen (secondary N) is 1. The lowest BCUT2D eigenvalue weighted by Gasteiger charge is -2.20. The molecule has 0 aliphatic heterocycles. The fourth-order valence-electron chi connectivity index (χ4n) is 2.14. The third-order valence-corrected chi connectivity index (χ3v) is 5.02. The molecular weight excluding hydrogens is 278 g/mol. The first-order valence-corrected chi connectivity index (χ1v) is 9.25. The van der Waals surface area contributed by atoms with Gasteiger partial charge in [0.05, 0.1) is 0 Å². The van der Waals surface area contributed by atoms with Gasteiger partial charge in [-0.2, -0.15) is 11.8 Å². The molecule has 0 fully saturated rings. The number of benzene rings is 1. The summed E-state index contributed by atoms with van der Waals surface area (Å²) in [6, 6.07) is 9.43. The molecule has 0 saturated heterocycles. The predicted octanol–water partition coefficient (Wildman–Crippen LogP) is 4.21. The van der Waals surface area contributed by atoms with Crippen molar-refractivity contribution in [1.29, 1.82) is 0 Å². The fraction of sp³-hybridized carbons (Fsp3) is 0.667. The molecule has 2 N–H and O–H groups in total. The highest BCUT2D eigenvalue weighted by Crippen LogP contribution is 2.22. The molecule has 0 aliphatic carbocycles. The first kappa shape index (κ1) is 18.5. The van der Waals surface area contributed by atoms with Gasteiger partial charge in [0, 0.05) is 18.4 Å². The summed E-state index contributed by atoms with van der Waals surface area (Å²) in [6.07, 6.45) is 1.15. The maximum absolute atomic E-state index is 9.11. The summed E-state index contributed by atoms with van der Waals surface area (Å²) in [5.41, 5.74) is 2.77. The first-order valence-electron chi connectivity index (χ1n) is 8.10. The minimum absolute atomic E-state index is 0.281. The number of aliphatic hydroxyl groups excluding tert-OH is 1. The van der Waals surface area contributed by atoms with E-state index in [1.165, 1.54) is 11.1 Å². The van der Waals surface area contributed by atoms with Gasteiger partial charge in [0.15, 0.2) is 0 Å². The number of hydrogen-bond donors (Lipinski definition) is 2. The second-order valence-electron chi connectivity index (χ2n) is 6.15. The molecule has 2 nitrogen and oxygen atoms in total. The second-order valence-corrected chi connectivity index (χ2v) is 7.23. The van der Waals surface area contributed by atoms with E-state index in [2.05, 4.69) is 57.3 Å². The quantitative estimate of drug-likeness (QED) is 0.679. The Bertz CT molecular complexity index is 377. The molecule has 0 saturated carbocycles. The highest BCUT2D eigenvalue weighted by atomic mass is 32.2. The van der Waals surface area contributed by atoms with Crippen LogP contribution < -0.4 is 5.32 Å². The van der Waals surface area contributed by atoms with Crippen molar-refractivity contribution in [3.63, 3.8) is 0 Å². The average molecular weight is 310 g/mol. The molecule has 21 heavy (non-hydrogen) atoms. The molecule has 0 spiro atoms. The lowest BCUT2D eigenvalue weighted by molar-refractivity contribution is 0.250. The Morgan fingerprint density at radius 3 is 2.19 bits per heavy atom. The molecule has 2 unspecified atom stereocenters. The molecule has 0 amide bonds. The van der Waals surface area contributed by atoms with Gasteiger partial charge in [0.1, 0.15) is 0 Å². The van der Waals surface area contributed by atoms with Crippen LogP contribution in [0.15, 0.2) is 24.3 Å². The Labute approximate surface area is 134 Å². The zero-order valence-corrected chi connectivity index (χ0v) is 14.7. The van der Waals surface area contributed by atoms with Gasteiger partial charge in [-0.15, -0.1) is 0 Å². The van der Waals surface area contributed by atoms with E-state index in [9.17, 15) is 0 Å². The van der Waals surface area contributed by atoms with E-state index in [-0.39, 0.29) is 6.61 Å².